The second kappa shape index (κ2) is 4.89. The van der Waals surface area contributed by atoms with Crippen LogP contribution in [0.3, 0.4) is 0 Å². The fraction of sp³-hybridized carbons (Fsp3) is 0.500. The van der Waals surface area contributed by atoms with Crippen molar-refractivity contribution in [2.75, 3.05) is 7.11 Å². The van der Waals surface area contributed by atoms with Gasteiger partial charge in [0, 0.05) is 17.1 Å². The smallest absolute Gasteiger partial charge is 0.142 e. The number of fused-ring (bicyclic) bond motifs is 1. The molecule has 102 valence electrons. The maximum absolute atomic E-state index is 6.21. The summed E-state index contributed by atoms with van der Waals surface area (Å²) in [6.45, 7) is 2.15. The second-order valence-electron chi connectivity index (χ2n) is 5.67. The highest BCUT2D eigenvalue weighted by atomic mass is 16.5. The number of aromatic amines is 1. The number of benzene rings is 1. The summed E-state index contributed by atoms with van der Waals surface area (Å²) < 4.78 is 5.43. The Morgan fingerprint density at radius 3 is 2.89 bits per heavy atom. The first kappa shape index (κ1) is 12.5. The number of H-pyrrole nitrogens is 1. The van der Waals surface area contributed by atoms with E-state index in [2.05, 4.69) is 24.0 Å². The number of aryl methyl sites for hydroxylation is 1. The molecular formula is C16H22N2O. The molecular weight excluding hydrogens is 236 g/mol. The Morgan fingerprint density at radius 2 is 2.21 bits per heavy atom. The van der Waals surface area contributed by atoms with Crippen LogP contribution in [0, 0.1) is 12.8 Å². The van der Waals surface area contributed by atoms with Crippen molar-refractivity contribution in [3.05, 3.63) is 29.5 Å². The van der Waals surface area contributed by atoms with Crippen LogP contribution in [0.2, 0.25) is 0 Å². The van der Waals surface area contributed by atoms with Crippen molar-refractivity contribution in [2.24, 2.45) is 11.7 Å². The van der Waals surface area contributed by atoms with Crippen molar-refractivity contribution in [2.45, 2.75) is 38.6 Å². The van der Waals surface area contributed by atoms with E-state index in [1.54, 1.807) is 7.11 Å². The summed E-state index contributed by atoms with van der Waals surface area (Å²) in [5, 5.41) is 1.29. The van der Waals surface area contributed by atoms with E-state index >= 15 is 0 Å². The van der Waals surface area contributed by atoms with Gasteiger partial charge >= 0.3 is 0 Å². The van der Waals surface area contributed by atoms with Crippen LogP contribution in [0.25, 0.3) is 10.9 Å². The highest BCUT2D eigenvalue weighted by molar-refractivity contribution is 5.89. The number of hydrogen-bond acceptors (Lipinski definition) is 2. The zero-order valence-electron chi connectivity index (χ0n) is 11.7. The molecule has 1 aliphatic carbocycles. The van der Waals surface area contributed by atoms with E-state index in [0.29, 0.717) is 12.0 Å². The lowest BCUT2D eigenvalue weighted by atomic mass is 9.93. The van der Waals surface area contributed by atoms with Crippen molar-refractivity contribution in [1.29, 1.82) is 0 Å². The van der Waals surface area contributed by atoms with Gasteiger partial charge in [-0.3, -0.25) is 0 Å². The minimum atomic E-state index is 0.370. The van der Waals surface area contributed by atoms with Gasteiger partial charge in [0.05, 0.1) is 12.6 Å². The van der Waals surface area contributed by atoms with Gasteiger partial charge < -0.3 is 15.5 Å². The van der Waals surface area contributed by atoms with Gasteiger partial charge in [0.15, 0.2) is 0 Å². The molecule has 2 aromatic rings. The molecule has 0 spiro atoms. The van der Waals surface area contributed by atoms with E-state index in [1.807, 2.05) is 6.07 Å². The van der Waals surface area contributed by atoms with E-state index in [1.165, 1.54) is 35.9 Å². The molecule has 1 aromatic carbocycles. The second-order valence-corrected chi connectivity index (χ2v) is 5.67. The maximum atomic E-state index is 6.21. The molecule has 19 heavy (non-hydrogen) atoms. The van der Waals surface area contributed by atoms with Gasteiger partial charge in [0.2, 0.25) is 0 Å². The Balaban J connectivity index is 2.01. The average molecular weight is 258 g/mol. The van der Waals surface area contributed by atoms with E-state index in [0.717, 1.165) is 17.7 Å². The molecule has 3 N–H and O–H groups in total. The first-order chi connectivity index (χ1) is 9.20. The van der Waals surface area contributed by atoms with Crippen LogP contribution in [-0.2, 0) is 6.42 Å². The first-order valence-electron chi connectivity index (χ1n) is 7.10. The fourth-order valence-corrected chi connectivity index (χ4v) is 3.39. The number of para-hydroxylation sites is 1. The molecule has 0 amide bonds. The van der Waals surface area contributed by atoms with Crippen molar-refractivity contribution in [3.8, 4) is 5.75 Å². The Kier molecular flexibility index (Phi) is 3.23. The number of nitrogens with one attached hydrogen (secondary N) is 1. The third kappa shape index (κ3) is 2.12. The predicted molar refractivity (Wildman–Crippen MR) is 78.6 cm³/mol. The van der Waals surface area contributed by atoms with Gasteiger partial charge in [-0.2, -0.15) is 0 Å². The molecule has 0 radical (unpaired) electrons. The average Bonchev–Trinajstić information content (AvgIpc) is 2.95. The van der Waals surface area contributed by atoms with Crippen LogP contribution in [0.1, 0.15) is 30.5 Å². The molecule has 3 rings (SSSR count). The summed E-state index contributed by atoms with van der Waals surface area (Å²) in [5.41, 5.74) is 9.99. The Morgan fingerprint density at radius 1 is 1.37 bits per heavy atom. The largest absolute Gasteiger partial charge is 0.495 e. The summed E-state index contributed by atoms with van der Waals surface area (Å²) in [5.74, 6) is 1.55. The predicted octanol–water partition coefficient (Wildman–Crippen LogP) is 3.15. The molecule has 1 aromatic heterocycles. The minimum Gasteiger partial charge on any atom is -0.495 e. The standard InChI is InChI=1S/C16H22N2O/c1-10-13(9-11-5-3-7-14(11)17)12-6-4-8-15(19-2)16(12)18-10/h4,6,8,11,14,18H,3,5,7,9,17H2,1-2H3. The molecule has 0 aliphatic heterocycles. The number of hydrogen-bond donors (Lipinski definition) is 2. The molecule has 1 heterocycles. The third-order valence-electron chi connectivity index (χ3n) is 4.52. The third-order valence-corrected chi connectivity index (χ3v) is 4.52. The van der Waals surface area contributed by atoms with Gasteiger partial charge in [-0.05, 0) is 43.7 Å². The Labute approximate surface area is 114 Å². The lowest BCUT2D eigenvalue weighted by Gasteiger charge is -2.15. The zero-order chi connectivity index (χ0) is 13.4. The van der Waals surface area contributed by atoms with Crippen LogP contribution in [0.15, 0.2) is 18.2 Å². The normalized spacial score (nSPS) is 23.1. The van der Waals surface area contributed by atoms with Crippen LogP contribution < -0.4 is 10.5 Å². The van der Waals surface area contributed by atoms with Crippen molar-refractivity contribution in [3.63, 3.8) is 0 Å². The molecule has 1 aliphatic rings. The summed E-state index contributed by atoms with van der Waals surface area (Å²) in [6, 6.07) is 6.61. The summed E-state index contributed by atoms with van der Waals surface area (Å²) >= 11 is 0. The monoisotopic (exact) mass is 258 g/mol. The summed E-state index contributed by atoms with van der Waals surface area (Å²) in [4.78, 5) is 3.47. The zero-order valence-corrected chi connectivity index (χ0v) is 11.7. The molecule has 1 saturated carbocycles. The quantitative estimate of drug-likeness (QED) is 0.888. The molecule has 0 bridgehead atoms. The van der Waals surface area contributed by atoms with Crippen molar-refractivity contribution < 1.29 is 4.74 Å². The molecule has 1 fully saturated rings. The Bertz CT molecular complexity index is 588. The Hall–Kier alpha value is -1.48. The van der Waals surface area contributed by atoms with Gasteiger partial charge in [-0.1, -0.05) is 18.6 Å². The van der Waals surface area contributed by atoms with E-state index in [9.17, 15) is 0 Å². The maximum Gasteiger partial charge on any atom is 0.142 e. The van der Waals surface area contributed by atoms with Crippen LogP contribution >= 0.6 is 0 Å². The number of methoxy groups -OCH3 is 1. The van der Waals surface area contributed by atoms with Crippen molar-refractivity contribution >= 4 is 10.9 Å². The van der Waals surface area contributed by atoms with Crippen molar-refractivity contribution in [1.82, 2.24) is 4.98 Å². The highest BCUT2D eigenvalue weighted by Gasteiger charge is 2.25. The van der Waals surface area contributed by atoms with E-state index in [-0.39, 0.29) is 0 Å². The van der Waals surface area contributed by atoms with Crippen LogP contribution in [-0.4, -0.2) is 18.1 Å². The highest BCUT2D eigenvalue weighted by Crippen LogP contribution is 2.34. The number of aromatic nitrogens is 1. The number of nitrogens with two attached hydrogens (primary N) is 1. The minimum absolute atomic E-state index is 0.370. The lowest BCUT2D eigenvalue weighted by Crippen LogP contribution is -2.25. The number of ether oxygens (including phenoxy) is 1. The van der Waals surface area contributed by atoms with Crippen LogP contribution in [0.5, 0.6) is 5.75 Å². The molecule has 2 unspecified atom stereocenters. The lowest BCUT2D eigenvalue weighted by molar-refractivity contribution is 0.419. The summed E-state index contributed by atoms with van der Waals surface area (Å²) in [6.07, 6.45) is 4.80. The van der Waals surface area contributed by atoms with Gasteiger partial charge in [0.1, 0.15) is 5.75 Å². The van der Waals surface area contributed by atoms with Gasteiger partial charge in [-0.25, -0.2) is 0 Å². The molecule has 3 nitrogen and oxygen atoms in total. The van der Waals surface area contributed by atoms with E-state index in [4.69, 9.17) is 10.5 Å². The van der Waals surface area contributed by atoms with Crippen LogP contribution in [0.4, 0.5) is 0 Å². The van der Waals surface area contributed by atoms with Gasteiger partial charge in [0.25, 0.3) is 0 Å². The van der Waals surface area contributed by atoms with E-state index < -0.39 is 0 Å². The topological polar surface area (TPSA) is 51.0 Å². The molecule has 3 heteroatoms. The summed E-state index contributed by atoms with van der Waals surface area (Å²) in [7, 11) is 1.72. The fourth-order valence-electron chi connectivity index (χ4n) is 3.39. The number of rotatable bonds is 3. The molecule has 2 atom stereocenters. The SMILES string of the molecule is COc1cccc2c(CC3CCCC3N)c(C)[nH]c12. The molecule has 0 saturated heterocycles. The van der Waals surface area contributed by atoms with Gasteiger partial charge in [-0.15, -0.1) is 0 Å². The first-order valence-corrected chi connectivity index (χ1v) is 7.10.